The van der Waals surface area contributed by atoms with Crippen LogP contribution in [0, 0.1) is 0 Å². The van der Waals surface area contributed by atoms with E-state index in [1.807, 2.05) is 23.1 Å². The maximum Gasteiger partial charge on any atom is 0.0834 e. The molecule has 3 heterocycles. The van der Waals surface area contributed by atoms with Crippen molar-refractivity contribution in [2.24, 2.45) is 0 Å². The second-order valence-electron chi connectivity index (χ2n) is 7.45. The molecule has 2 fully saturated rings. The number of hydrogen-bond donors (Lipinski definition) is 1. The number of β-amino-alcohol motifs (C(OH)–C–C–N with tert-alkyl or cyclic N) is 1. The molecule has 2 aromatic rings. The zero-order chi connectivity index (χ0) is 17.1. The minimum atomic E-state index is -0.211. The molecule has 5 heteroatoms. The zero-order valence-corrected chi connectivity index (χ0v) is 14.8. The van der Waals surface area contributed by atoms with Crippen molar-refractivity contribution in [1.82, 2.24) is 19.6 Å². The molecule has 1 aromatic heterocycles. The fraction of sp³-hybridized carbons (Fsp3) is 0.550. The molecule has 134 valence electrons. The predicted molar refractivity (Wildman–Crippen MR) is 98.3 cm³/mol. The van der Waals surface area contributed by atoms with Gasteiger partial charge in [-0.25, -0.2) is 0 Å². The fourth-order valence-corrected chi connectivity index (χ4v) is 4.17. The number of rotatable bonds is 5. The molecule has 0 bridgehead atoms. The maximum absolute atomic E-state index is 10.5. The van der Waals surface area contributed by atoms with Crippen LogP contribution in [0.5, 0.6) is 0 Å². The standard InChI is InChI=1S/C20H28N4O/c25-20-16-22(15-19(20)23-10-2-1-3-11-23)13-17-5-7-18(8-6-17)14-24-12-4-9-21-24/h4-9,12,19-20,25H,1-3,10-11,13-16H2/t19-,20-/m0/s1. The summed E-state index contributed by atoms with van der Waals surface area (Å²) in [6.07, 6.45) is 7.49. The van der Waals surface area contributed by atoms with E-state index in [1.54, 1.807) is 0 Å². The van der Waals surface area contributed by atoms with Crippen LogP contribution in [0.15, 0.2) is 42.7 Å². The van der Waals surface area contributed by atoms with Gasteiger partial charge in [0.05, 0.1) is 12.6 Å². The van der Waals surface area contributed by atoms with E-state index in [2.05, 4.69) is 39.2 Å². The van der Waals surface area contributed by atoms with Gasteiger partial charge >= 0.3 is 0 Å². The van der Waals surface area contributed by atoms with Crippen molar-refractivity contribution >= 4 is 0 Å². The lowest BCUT2D eigenvalue weighted by molar-refractivity contribution is 0.0706. The average Bonchev–Trinajstić information content (AvgIpc) is 3.27. The smallest absolute Gasteiger partial charge is 0.0834 e. The summed E-state index contributed by atoms with van der Waals surface area (Å²) < 4.78 is 1.94. The number of likely N-dealkylation sites (tertiary alicyclic amines) is 2. The Labute approximate surface area is 149 Å². The van der Waals surface area contributed by atoms with E-state index >= 15 is 0 Å². The highest BCUT2D eigenvalue weighted by Gasteiger charge is 2.35. The van der Waals surface area contributed by atoms with Gasteiger partial charge in [-0.05, 0) is 43.1 Å². The Morgan fingerprint density at radius 3 is 2.36 bits per heavy atom. The molecule has 0 radical (unpaired) electrons. The summed E-state index contributed by atoms with van der Waals surface area (Å²) in [7, 11) is 0. The zero-order valence-electron chi connectivity index (χ0n) is 14.8. The van der Waals surface area contributed by atoms with Gasteiger partial charge in [0.15, 0.2) is 0 Å². The van der Waals surface area contributed by atoms with E-state index in [1.165, 1.54) is 30.4 Å². The molecule has 5 nitrogen and oxygen atoms in total. The molecule has 0 spiro atoms. The Bertz CT molecular complexity index is 649. The van der Waals surface area contributed by atoms with Crippen LogP contribution in [0.25, 0.3) is 0 Å². The third-order valence-corrected chi connectivity index (χ3v) is 5.53. The summed E-state index contributed by atoms with van der Waals surface area (Å²) in [4.78, 5) is 4.90. The van der Waals surface area contributed by atoms with Crippen molar-refractivity contribution in [1.29, 1.82) is 0 Å². The normalized spacial score (nSPS) is 25.5. The largest absolute Gasteiger partial charge is 0.390 e. The Morgan fingerprint density at radius 2 is 1.68 bits per heavy atom. The molecule has 0 aliphatic carbocycles. The molecular weight excluding hydrogens is 312 g/mol. The first kappa shape index (κ1) is 16.8. The fourth-order valence-electron chi connectivity index (χ4n) is 4.17. The Hall–Kier alpha value is -1.69. The molecule has 25 heavy (non-hydrogen) atoms. The molecule has 0 saturated carbocycles. The summed E-state index contributed by atoms with van der Waals surface area (Å²) in [5.74, 6) is 0. The first-order chi connectivity index (χ1) is 12.3. The van der Waals surface area contributed by atoms with Crippen LogP contribution in [0.1, 0.15) is 30.4 Å². The minimum Gasteiger partial charge on any atom is -0.390 e. The van der Waals surface area contributed by atoms with E-state index in [0.717, 1.165) is 39.3 Å². The number of benzene rings is 1. The van der Waals surface area contributed by atoms with Crippen molar-refractivity contribution in [3.05, 3.63) is 53.9 Å². The molecular formula is C20H28N4O. The van der Waals surface area contributed by atoms with Gasteiger partial charge in [0.2, 0.25) is 0 Å². The summed E-state index contributed by atoms with van der Waals surface area (Å²) in [5, 5.41) is 14.7. The third-order valence-electron chi connectivity index (χ3n) is 5.53. The summed E-state index contributed by atoms with van der Waals surface area (Å²) >= 11 is 0. The van der Waals surface area contributed by atoms with Gasteiger partial charge in [-0.1, -0.05) is 30.7 Å². The first-order valence-corrected chi connectivity index (χ1v) is 9.48. The van der Waals surface area contributed by atoms with Gasteiger partial charge in [0, 0.05) is 38.1 Å². The topological polar surface area (TPSA) is 44.5 Å². The van der Waals surface area contributed by atoms with Crippen molar-refractivity contribution in [3.8, 4) is 0 Å². The lowest BCUT2D eigenvalue weighted by Gasteiger charge is -2.33. The maximum atomic E-state index is 10.5. The van der Waals surface area contributed by atoms with E-state index < -0.39 is 0 Å². The molecule has 1 N–H and O–H groups in total. The molecule has 0 unspecified atom stereocenters. The number of nitrogens with zero attached hydrogens (tertiary/aromatic N) is 4. The molecule has 2 aliphatic heterocycles. The lowest BCUT2D eigenvalue weighted by Crippen LogP contribution is -2.45. The van der Waals surface area contributed by atoms with Crippen molar-refractivity contribution in [3.63, 3.8) is 0 Å². The first-order valence-electron chi connectivity index (χ1n) is 9.48. The third kappa shape index (κ3) is 4.11. The van der Waals surface area contributed by atoms with E-state index in [-0.39, 0.29) is 6.10 Å². The van der Waals surface area contributed by atoms with Crippen LogP contribution in [0.4, 0.5) is 0 Å². The van der Waals surface area contributed by atoms with Crippen LogP contribution in [-0.2, 0) is 13.1 Å². The van der Waals surface area contributed by atoms with Crippen LogP contribution in [0.2, 0.25) is 0 Å². The lowest BCUT2D eigenvalue weighted by atomic mass is 10.1. The summed E-state index contributed by atoms with van der Waals surface area (Å²) in [6, 6.07) is 11.1. The van der Waals surface area contributed by atoms with Crippen molar-refractivity contribution in [2.75, 3.05) is 26.2 Å². The molecule has 4 rings (SSSR count). The molecule has 2 atom stereocenters. The number of aliphatic hydroxyl groups is 1. The van der Waals surface area contributed by atoms with E-state index in [4.69, 9.17) is 0 Å². The number of piperidine rings is 1. The minimum absolute atomic E-state index is 0.211. The van der Waals surface area contributed by atoms with Crippen molar-refractivity contribution in [2.45, 2.75) is 44.5 Å². The van der Waals surface area contributed by atoms with Gasteiger partial charge in [-0.3, -0.25) is 14.5 Å². The molecule has 2 aliphatic rings. The number of hydrogen-bond acceptors (Lipinski definition) is 4. The predicted octanol–water partition coefficient (Wildman–Crippen LogP) is 1.96. The van der Waals surface area contributed by atoms with Gasteiger partial charge < -0.3 is 5.11 Å². The highest BCUT2D eigenvalue weighted by atomic mass is 16.3. The highest BCUT2D eigenvalue weighted by molar-refractivity contribution is 5.23. The Kier molecular flexibility index (Phi) is 5.15. The number of aliphatic hydroxyl groups excluding tert-OH is 1. The van der Waals surface area contributed by atoms with Gasteiger partial charge in [0.1, 0.15) is 0 Å². The molecule has 2 saturated heterocycles. The quantitative estimate of drug-likeness (QED) is 0.904. The highest BCUT2D eigenvalue weighted by Crippen LogP contribution is 2.22. The molecule has 0 amide bonds. The Balaban J connectivity index is 1.32. The SMILES string of the molecule is O[C@H]1CN(Cc2ccc(Cn3cccn3)cc2)C[C@@H]1N1CCCCC1. The van der Waals surface area contributed by atoms with Gasteiger partial charge in [-0.15, -0.1) is 0 Å². The van der Waals surface area contributed by atoms with Crippen LogP contribution < -0.4 is 0 Å². The van der Waals surface area contributed by atoms with E-state index in [9.17, 15) is 5.11 Å². The number of aromatic nitrogens is 2. The van der Waals surface area contributed by atoms with Crippen LogP contribution >= 0.6 is 0 Å². The van der Waals surface area contributed by atoms with Gasteiger partial charge in [0.25, 0.3) is 0 Å². The van der Waals surface area contributed by atoms with E-state index in [0.29, 0.717) is 6.04 Å². The van der Waals surface area contributed by atoms with Crippen molar-refractivity contribution < 1.29 is 5.11 Å². The summed E-state index contributed by atoms with van der Waals surface area (Å²) in [5.41, 5.74) is 2.58. The Morgan fingerprint density at radius 1 is 0.960 bits per heavy atom. The monoisotopic (exact) mass is 340 g/mol. The average molecular weight is 340 g/mol. The van der Waals surface area contributed by atoms with Crippen LogP contribution in [-0.4, -0.2) is 63.0 Å². The van der Waals surface area contributed by atoms with Gasteiger partial charge in [-0.2, -0.15) is 5.10 Å². The second-order valence-corrected chi connectivity index (χ2v) is 7.45. The molecule has 1 aromatic carbocycles. The summed E-state index contributed by atoms with van der Waals surface area (Å²) in [6.45, 7) is 5.80. The second kappa shape index (κ2) is 7.68. The van der Waals surface area contributed by atoms with Crippen LogP contribution in [0.3, 0.4) is 0 Å².